The first-order chi connectivity index (χ1) is 14.4. The maximum Gasteiger partial charge on any atom is 0.173 e. The van der Waals surface area contributed by atoms with Crippen molar-refractivity contribution in [1.82, 2.24) is 30.0 Å². The summed E-state index contributed by atoms with van der Waals surface area (Å²) in [7, 11) is 0. The van der Waals surface area contributed by atoms with E-state index in [0.29, 0.717) is 0 Å². The molecule has 2 atom stereocenters. The highest BCUT2D eigenvalue weighted by molar-refractivity contribution is 5.25. The van der Waals surface area contributed by atoms with Crippen molar-refractivity contribution in [1.29, 1.82) is 0 Å². The quantitative estimate of drug-likeness (QED) is 0.748. The van der Waals surface area contributed by atoms with Crippen LogP contribution in [0.25, 0.3) is 0 Å². The molecule has 1 aliphatic carbocycles. The van der Waals surface area contributed by atoms with Gasteiger partial charge in [-0.1, -0.05) is 43.2 Å². The van der Waals surface area contributed by atoms with E-state index in [0.717, 1.165) is 64.0 Å². The van der Waals surface area contributed by atoms with Crippen LogP contribution in [0.1, 0.15) is 56.0 Å². The van der Waals surface area contributed by atoms with E-state index in [-0.39, 0.29) is 12.1 Å². The van der Waals surface area contributed by atoms with Crippen LogP contribution < -0.4 is 0 Å². The maximum atomic E-state index is 5.85. The van der Waals surface area contributed by atoms with Crippen LogP contribution in [0, 0.1) is 0 Å². The van der Waals surface area contributed by atoms with Crippen LogP contribution in [0.5, 0.6) is 0 Å². The zero-order chi connectivity index (χ0) is 19.5. The lowest BCUT2D eigenvalue weighted by atomic mass is 10.0. The number of ether oxygens (including phenoxy) is 1. The highest BCUT2D eigenvalue weighted by Crippen LogP contribution is 2.30. The third-order valence-corrected chi connectivity index (χ3v) is 6.88. The normalized spacial score (nSPS) is 25.6. The smallest absolute Gasteiger partial charge is 0.173 e. The fourth-order valence-corrected chi connectivity index (χ4v) is 5.31. The number of benzene rings is 1. The predicted octanol–water partition coefficient (Wildman–Crippen LogP) is 2.50. The van der Waals surface area contributed by atoms with Gasteiger partial charge in [0.15, 0.2) is 5.82 Å². The van der Waals surface area contributed by atoms with Crippen molar-refractivity contribution in [3.63, 3.8) is 0 Å². The molecule has 3 fully saturated rings. The minimum atomic E-state index is 0.0957. The van der Waals surface area contributed by atoms with E-state index in [1.807, 2.05) is 4.68 Å². The van der Waals surface area contributed by atoms with Crippen LogP contribution in [-0.2, 0) is 11.3 Å². The van der Waals surface area contributed by atoms with E-state index >= 15 is 0 Å². The number of aromatic nitrogens is 4. The summed E-state index contributed by atoms with van der Waals surface area (Å²) < 4.78 is 7.83. The van der Waals surface area contributed by atoms with E-state index in [1.54, 1.807) is 0 Å². The Morgan fingerprint density at radius 1 is 0.966 bits per heavy atom. The van der Waals surface area contributed by atoms with E-state index in [2.05, 4.69) is 55.7 Å². The molecule has 156 valence electrons. The van der Waals surface area contributed by atoms with Crippen LogP contribution in [0.15, 0.2) is 30.3 Å². The summed E-state index contributed by atoms with van der Waals surface area (Å²) in [4.78, 5) is 5.28. The Bertz CT molecular complexity index is 761. The summed E-state index contributed by atoms with van der Waals surface area (Å²) in [5, 5.41) is 12.9. The molecule has 7 heteroatoms. The number of nitrogens with zero attached hydrogens (tertiary/aromatic N) is 6. The molecule has 1 saturated carbocycles. The molecule has 3 aliphatic rings. The Balaban J connectivity index is 1.36. The largest absolute Gasteiger partial charge is 0.376 e. The number of hydrogen-bond donors (Lipinski definition) is 0. The van der Waals surface area contributed by atoms with Crippen LogP contribution in [0.3, 0.4) is 0 Å². The second kappa shape index (κ2) is 8.90. The summed E-state index contributed by atoms with van der Waals surface area (Å²) >= 11 is 0. The standard InChI is InChI=1S/C22H32N6O/c1-2-7-18(8-3-1)21(22-23-24-25-28(22)17-20-11-6-16-29-20)27-14-12-26(13-15-27)19-9-4-5-10-19/h1-3,7-8,19-21H,4-6,9-17H2/t20-,21+/m0/s1. The molecule has 3 heterocycles. The first-order valence-corrected chi connectivity index (χ1v) is 11.3. The monoisotopic (exact) mass is 396 g/mol. The third kappa shape index (κ3) is 4.22. The van der Waals surface area contributed by atoms with Crippen molar-refractivity contribution in [2.45, 2.75) is 63.3 Å². The molecule has 0 N–H and O–H groups in total. The zero-order valence-electron chi connectivity index (χ0n) is 17.2. The van der Waals surface area contributed by atoms with Crippen molar-refractivity contribution < 1.29 is 4.74 Å². The Labute approximate surface area is 173 Å². The summed E-state index contributed by atoms with van der Waals surface area (Å²) in [6, 6.07) is 11.6. The lowest BCUT2D eigenvalue weighted by Gasteiger charge is -2.41. The molecule has 0 spiro atoms. The molecular weight excluding hydrogens is 364 g/mol. The first-order valence-electron chi connectivity index (χ1n) is 11.3. The molecule has 2 aliphatic heterocycles. The summed E-state index contributed by atoms with van der Waals surface area (Å²) in [5.41, 5.74) is 1.27. The fourth-order valence-electron chi connectivity index (χ4n) is 5.31. The SMILES string of the molecule is c1ccc([C@H](c2nnnn2C[C@@H]2CCCO2)N2CCN(C3CCCC3)CC2)cc1. The highest BCUT2D eigenvalue weighted by Gasteiger charge is 2.33. The van der Waals surface area contributed by atoms with Crippen molar-refractivity contribution >= 4 is 0 Å². The Morgan fingerprint density at radius 2 is 1.76 bits per heavy atom. The van der Waals surface area contributed by atoms with Crippen LogP contribution in [-0.4, -0.2) is 74.9 Å². The highest BCUT2D eigenvalue weighted by atomic mass is 16.5. The number of hydrogen-bond acceptors (Lipinski definition) is 6. The fraction of sp³-hybridized carbons (Fsp3) is 0.682. The summed E-state index contributed by atoms with van der Waals surface area (Å²) in [6.07, 6.45) is 8.00. The van der Waals surface area contributed by atoms with Gasteiger partial charge in [0, 0.05) is 38.8 Å². The van der Waals surface area contributed by atoms with Gasteiger partial charge in [-0.2, -0.15) is 0 Å². The van der Waals surface area contributed by atoms with Crippen molar-refractivity contribution in [3.05, 3.63) is 41.7 Å². The van der Waals surface area contributed by atoms with Crippen LogP contribution in [0.4, 0.5) is 0 Å². The van der Waals surface area contributed by atoms with E-state index in [1.165, 1.54) is 31.2 Å². The van der Waals surface area contributed by atoms with Crippen molar-refractivity contribution in [2.24, 2.45) is 0 Å². The van der Waals surface area contributed by atoms with Gasteiger partial charge in [0.05, 0.1) is 18.7 Å². The van der Waals surface area contributed by atoms with E-state index in [9.17, 15) is 0 Å². The number of piperazine rings is 1. The summed E-state index contributed by atoms with van der Waals surface area (Å²) in [5.74, 6) is 0.945. The molecule has 1 aromatic carbocycles. The average molecular weight is 397 g/mol. The molecule has 0 amide bonds. The Morgan fingerprint density at radius 3 is 2.48 bits per heavy atom. The minimum absolute atomic E-state index is 0.0957. The lowest BCUT2D eigenvalue weighted by molar-refractivity contribution is 0.0720. The molecule has 5 rings (SSSR count). The van der Waals surface area contributed by atoms with Crippen molar-refractivity contribution in [2.75, 3.05) is 32.8 Å². The van der Waals surface area contributed by atoms with Crippen LogP contribution >= 0.6 is 0 Å². The minimum Gasteiger partial charge on any atom is -0.376 e. The molecule has 2 saturated heterocycles. The zero-order valence-corrected chi connectivity index (χ0v) is 17.2. The van der Waals surface area contributed by atoms with Gasteiger partial charge in [-0.3, -0.25) is 9.80 Å². The van der Waals surface area contributed by atoms with Gasteiger partial charge in [-0.05, 0) is 41.7 Å². The van der Waals surface area contributed by atoms with Gasteiger partial charge >= 0.3 is 0 Å². The maximum absolute atomic E-state index is 5.85. The van der Waals surface area contributed by atoms with Gasteiger partial charge in [-0.15, -0.1) is 5.10 Å². The van der Waals surface area contributed by atoms with E-state index < -0.39 is 0 Å². The molecule has 29 heavy (non-hydrogen) atoms. The molecule has 1 aromatic heterocycles. The molecule has 7 nitrogen and oxygen atoms in total. The van der Waals surface area contributed by atoms with Crippen molar-refractivity contribution in [3.8, 4) is 0 Å². The van der Waals surface area contributed by atoms with Gasteiger partial charge in [0.25, 0.3) is 0 Å². The number of rotatable bonds is 6. The van der Waals surface area contributed by atoms with Gasteiger partial charge < -0.3 is 4.74 Å². The first kappa shape index (κ1) is 19.2. The van der Waals surface area contributed by atoms with Gasteiger partial charge in [0.1, 0.15) is 0 Å². The molecule has 0 radical (unpaired) electrons. The second-order valence-electron chi connectivity index (χ2n) is 8.68. The summed E-state index contributed by atoms with van der Waals surface area (Å²) in [6.45, 7) is 6.00. The third-order valence-electron chi connectivity index (χ3n) is 6.88. The van der Waals surface area contributed by atoms with Crippen LogP contribution in [0.2, 0.25) is 0 Å². The molecule has 0 bridgehead atoms. The van der Waals surface area contributed by atoms with Gasteiger partial charge in [-0.25, -0.2) is 4.68 Å². The molecular formula is C22H32N6O. The number of tetrazole rings is 1. The Hall–Kier alpha value is -1.83. The van der Waals surface area contributed by atoms with Gasteiger partial charge in [0.2, 0.25) is 0 Å². The van der Waals surface area contributed by atoms with E-state index in [4.69, 9.17) is 4.74 Å². The lowest BCUT2D eigenvalue weighted by Crippen LogP contribution is -2.51. The Kier molecular flexibility index (Phi) is 5.88. The predicted molar refractivity (Wildman–Crippen MR) is 110 cm³/mol. The average Bonchev–Trinajstić information content (AvgIpc) is 3.54. The molecule has 0 unspecified atom stereocenters. The molecule has 2 aromatic rings. The topological polar surface area (TPSA) is 59.3 Å². The second-order valence-corrected chi connectivity index (χ2v) is 8.68.